The van der Waals surface area contributed by atoms with Crippen molar-refractivity contribution < 1.29 is 47.2 Å². The van der Waals surface area contributed by atoms with Gasteiger partial charge in [0.25, 0.3) is 0 Å². The fraction of sp³-hybridized carbons (Fsp3) is 0.348. The third-order valence-corrected chi connectivity index (χ3v) is 4.81. The minimum atomic E-state index is -4.44. The smallest absolute Gasteiger partial charge is 0.394 e. The van der Waals surface area contributed by atoms with Gasteiger partial charge < -0.3 is 25.0 Å². The molecule has 0 unspecified atom stereocenters. The first-order chi connectivity index (χ1) is 15.9. The van der Waals surface area contributed by atoms with E-state index in [0.29, 0.717) is 17.7 Å². The van der Waals surface area contributed by atoms with Gasteiger partial charge in [-0.05, 0) is 44.5 Å². The number of aromatic hydroxyl groups is 1. The lowest BCUT2D eigenvalue weighted by molar-refractivity contribution is -0.147. The Morgan fingerprint density at radius 1 is 1.03 bits per heavy atom. The monoisotopic (exact) mass is 483 g/mol. The predicted octanol–water partition coefficient (Wildman–Crippen LogP) is 4.27. The predicted molar refractivity (Wildman–Crippen MR) is 116 cm³/mol. The highest BCUT2D eigenvalue weighted by Gasteiger charge is 2.29. The number of Topliss-reactive ketones (excluding diaryl/α,β-unsaturated/α-hetero) is 1. The zero-order chi connectivity index (χ0) is 25.5. The van der Waals surface area contributed by atoms with Crippen LogP contribution in [0.25, 0.3) is 0 Å². The molecule has 0 fully saturated rings. The van der Waals surface area contributed by atoms with E-state index in [1.807, 2.05) is 0 Å². The number of ether oxygens (including phenoxy) is 2. The van der Waals surface area contributed by atoms with Gasteiger partial charge in [-0.1, -0.05) is 6.07 Å². The number of carboxylic acid groups (broad SMARTS) is 1. The molecule has 11 heteroatoms. The molecule has 0 saturated heterocycles. The van der Waals surface area contributed by atoms with Crippen molar-refractivity contribution in [2.75, 3.05) is 18.5 Å². The van der Waals surface area contributed by atoms with Crippen LogP contribution in [0.3, 0.4) is 0 Å². The summed E-state index contributed by atoms with van der Waals surface area (Å²) in [4.78, 5) is 33.7. The number of carboxylic acids is 1. The summed E-state index contributed by atoms with van der Waals surface area (Å²) in [6, 6.07) is 7.36. The maximum atomic E-state index is 12.7. The van der Waals surface area contributed by atoms with Gasteiger partial charge in [-0.15, -0.1) is 0 Å². The molecule has 0 aliphatic carbocycles. The number of hydrogen-bond acceptors (Lipinski definition) is 6. The molecule has 0 aliphatic rings. The van der Waals surface area contributed by atoms with Crippen molar-refractivity contribution >= 4 is 23.3 Å². The van der Waals surface area contributed by atoms with Gasteiger partial charge in [-0.25, -0.2) is 4.79 Å². The highest BCUT2D eigenvalue weighted by atomic mass is 19.4. The molecule has 0 aliphatic heterocycles. The summed E-state index contributed by atoms with van der Waals surface area (Å²) >= 11 is 0. The SMILES string of the molecule is CC(=O)c1ccc(OCCCOc2cccc(NC(=O)C(=O)O)c2C)c(CCC(F)(F)F)c1O. The van der Waals surface area contributed by atoms with Gasteiger partial charge in [-0.2, -0.15) is 13.2 Å². The lowest BCUT2D eigenvalue weighted by atomic mass is 10.0. The molecule has 0 saturated carbocycles. The normalized spacial score (nSPS) is 11.1. The van der Waals surface area contributed by atoms with E-state index in [1.54, 1.807) is 19.1 Å². The van der Waals surface area contributed by atoms with Crippen LogP contribution in [0, 0.1) is 6.92 Å². The van der Waals surface area contributed by atoms with Gasteiger partial charge in [0.15, 0.2) is 5.78 Å². The number of alkyl halides is 3. The van der Waals surface area contributed by atoms with E-state index in [2.05, 4.69) is 5.32 Å². The van der Waals surface area contributed by atoms with Gasteiger partial charge in [0.2, 0.25) is 0 Å². The molecule has 0 aromatic heterocycles. The number of rotatable bonds is 10. The molecule has 34 heavy (non-hydrogen) atoms. The highest BCUT2D eigenvalue weighted by molar-refractivity contribution is 6.36. The fourth-order valence-electron chi connectivity index (χ4n) is 3.05. The molecule has 1 amide bonds. The summed E-state index contributed by atoms with van der Waals surface area (Å²) < 4.78 is 49.2. The highest BCUT2D eigenvalue weighted by Crippen LogP contribution is 2.35. The molecule has 0 spiro atoms. The average Bonchev–Trinajstić information content (AvgIpc) is 2.74. The minimum absolute atomic E-state index is 0.0429. The number of nitrogens with one attached hydrogen (secondary N) is 1. The molecule has 0 heterocycles. The third kappa shape index (κ3) is 7.39. The van der Waals surface area contributed by atoms with Gasteiger partial charge in [-0.3, -0.25) is 9.59 Å². The summed E-state index contributed by atoms with van der Waals surface area (Å²) in [6.07, 6.45) is -5.86. The quantitative estimate of drug-likeness (QED) is 0.262. The molecule has 184 valence electrons. The summed E-state index contributed by atoms with van der Waals surface area (Å²) in [7, 11) is 0. The molecule has 8 nitrogen and oxygen atoms in total. The minimum Gasteiger partial charge on any atom is -0.507 e. The van der Waals surface area contributed by atoms with Crippen LogP contribution < -0.4 is 14.8 Å². The summed E-state index contributed by atoms with van der Waals surface area (Å²) in [6.45, 7) is 3.03. The number of benzene rings is 2. The molecule has 3 N–H and O–H groups in total. The van der Waals surface area contributed by atoms with E-state index >= 15 is 0 Å². The van der Waals surface area contributed by atoms with Gasteiger partial charge in [0.1, 0.15) is 17.2 Å². The van der Waals surface area contributed by atoms with Crippen LogP contribution in [0.15, 0.2) is 30.3 Å². The Morgan fingerprint density at radius 2 is 1.68 bits per heavy atom. The topological polar surface area (TPSA) is 122 Å². The number of phenolic OH excluding ortho intramolecular Hbond substituents is 1. The lowest BCUT2D eigenvalue weighted by Gasteiger charge is -2.16. The first kappa shape index (κ1) is 26.5. The van der Waals surface area contributed by atoms with Gasteiger partial charge in [0.05, 0.1) is 18.8 Å². The second-order valence-electron chi connectivity index (χ2n) is 7.35. The van der Waals surface area contributed by atoms with Crippen molar-refractivity contribution in [1.29, 1.82) is 0 Å². The molecule has 0 radical (unpaired) electrons. The number of carbonyl (C=O) groups is 3. The second kappa shape index (κ2) is 11.4. The van der Waals surface area contributed by atoms with E-state index in [0.717, 1.165) is 0 Å². The van der Waals surface area contributed by atoms with Crippen LogP contribution in [0.4, 0.5) is 18.9 Å². The fourth-order valence-corrected chi connectivity index (χ4v) is 3.05. The van der Waals surface area contributed by atoms with Crippen molar-refractivity contribution in [3.63, 3.8) is 0 Å². The number of halogens is 3. The summed E-state index contributed by atoms with van der Waals surface area (Å²) in [5.41, 5.74) is 0.607. The van der Waals surface area contributed by atoms with Gasteiger partial charge >= 0.3 is 18.1 Å². The van der Waals surface area contributed by atoms with E-state index in [1.165, 1.54) is 25.1 Å². The van der Waals surface area contributed by atoms with Crippen LogP contribution in [0.2, 0.25) is 0 Å². The van der Waals surface area contributed by atoms with Crippen LogP contribution in [-0.4, -0.2) is 47.3 Å². The van der Waals surface area contributed by atoms with Gasteiger partial charge in [0, 0.05) is 29.7 Å². The van der Waals surface area contributed by atoms with Crippen LogP contribution >= 0.6 is 0 Å². The standard InChI is InChI=1S/C23H24F3NO7/c1-13-17(27-21(30)22(31)32)5-3-6-18(13)33-11-4-12-34-19-8-7-15(14(2)28)20(29)16(19)9-10-23(24,25)26/h3,5-8,29H,4,9-12H2,1-2H3,(H,27,30)(H,31,32). The zero-order valence-electron chi connectivity index (χ0n) is 18.5. The Bertz CT molecular complexity index is 1070. The number of ketones is 1. The first-order valence-corrected chi connectivity index (χ1v) is 10.2. The number of carbonyl (C=O) groups excluding carboxylic acids is 2. The summed E-state index contributed by atoms with van der Waals surface area (Å²) in [5, 5.41) is 21.2. The maximum Gasteiger partial charge on any atom is 0.394 e. The van der Waals surface area contributed by atoms with Crippen molar-refractivity contribution in [2.45, 2.75) is 39.3 Å². The number of phenols is 1. The van der Waals surface area contributed by atoms with Crippen molar-refractivity contribution in [3.8, 4) is 17.2 Å². The molecular weight excluding hydrogens is 459 g/mol. The van der Waals surface area contributed by atoms with E-state index in [9.17, 15) is 32.7 Å². The third-order valence-electron chi connectivity index (χ3n) is 4.81. The number of amides is 1. The Balaban J connectivity index is 2.00. The number of anilines is 1. The molecule has 2 rings (SSSR count). The van der Waals surface area contributed by atoms with Crippen molar-refractivity contribution in [2.24, 2.45) is 0 Å². The van der Waals surface area contributed by atoms with Crippen LogP contribution in [0.1, 0.15) is 41.3 Å². The molecule has 2 aromatic rings. The van der Waals surface area contributed by atoms with E-state index < -0.39 is 42.4 Å². The molecule has 0 bridgehead atoms. The second-order valence-corrected chi connectivity index (χ2v) is 7.35. The zero-order valence-corrected chi connectivity index (χ0v) is 18.5. The Hall–Kier alpha value is -3.76. The number of hydrogen-bond donors (Lipinski definition) is 3. The molecule has 2 aromatic carbocycles. The van der Waals surface area contributed by atoms with Crippen molar-refractivity contribution in [3.05, 3.63) is 47.0 Å². The molecule has 0 atom stereocenters. The van der Waals surface area contributed by atoms with Crippen molar-refractivity contribution in [1.82, 2.24) is 0 Å². The van der Waals surface area contributed by atoms with Crippen LogP contribution in [-0.2, 0) is 16.0 Å². The first-order valence-electron chi connectivity index (χ1n) is 10.2. The Kier molecular flexibility index (Phi) is 8.88. The maximum absolute atomic E-state index is 12.7. The van der Waals surface area contributed by atoms with Crippen LogP contribution in [0.5, 0.6) is 17.2 Å². The average molecular weight is 483 g/mol. The Morgan fingerprint density at radius 3 is 2.26 bits per heavy atom. The lowest BCUT2D eigenvalue weighted by Crippen LogP contribution is -2.22. The van der Waals surface area contributed by atoms with E-state index in [-0.39, 0.29) is 35.8 Å². The largest absolute Gasteiger partial charge is 0.507 e. The number of aliphatic carboxylic acids is 1. The Labute approximate surface area is 193 Å². The molecular formula is C23H24F3NO7. The van der Waals surface area contributed by atoms with E-state index in [4.69, 9.17) is 14.6 Å². The summed E-state index contributed by atoms with van der Waals surface area (Å²) in [5.74, 6) is -3.38.